The molecule has 0 saturated carbocycles. The number of hydrogen-bond acceptors (Lipinski definition) is 3. The van der Waals surface area contributed by atoms with Gasteiger partial charge in [0.05, 0.1) is 0 Å². The number of nitrogens with one attached hydrogen (secondary N) is 1. The molecule has 1 fully saturated rings. The average molecular weight is 228 g/mol. The zero-order chi connectivity index (χ0) is 12.0. The van der Waals surface area contributed by atoms with Gasteiger partial charge in [-0.25, -0.2) is 0 Å². The van der Waals surface area contributed by atoms with E-state index in [1.807, 2.05) is 0 Å². The summed E-state index contributed by atoms with van der Waals surface area (Å²) in [4.78, 5) is 2.43. The fourth-order valence-corrected chi connectivity index (χ4v) is 2.30. The first-order chi connectivity index (χ1) is 7.56. The normalized spacial score (nSPS) is 23.2. The average Bonchev–Trinajstić information content (AvgIpc) is 2.23. The zero-order valence-corrected chi connectivity index (χ0v) is 11.4. The maximum Gasteiger partial charge on any atom is 0.0499 e. The van der Waals surface area contributed by atoms with E-state index in [9.17, 15) is 0 Å². The third-order valence-corrected chi connectivity index (χ3v) is 3.69. The molecule has 0 spiro atoms. The molecule has 1 atom stereocenters. The fourth-order valence-electron chi connectivity index (χ4n) is 2.30. The van der Waals surface area contributed by atoms with E-state index < -0.39 is 0 Å². The molecule has 1 aliphatic rings. The van der Waals surface area contributed by atoms with Crippen LogP contribution in [0.1, 0.15) is 26.7 Å². The van der Waals surface area contributed by atoms with Crippen LogP contribution in [-0.4, -0.2) is 51.8 Å². The number of hydrogen-bond donors (Lipinski definition) is 1. The van der Waals surface area contributed by atoms with E-state index in [-0.39, 0.29) is 0 Å². The molecule has 3 nitrogen and oxygen atoms in total. The zero-order valence-electron chi connectivity index (χ0n) is 11.4. The molecule has 0 aromatic carbocycles. The topological polar surface area (TPSA) is 24.5 Å². The van der Waals surface area contributed by atoms with E-state index in [4.69, 9.17) is 4.74 Å². The number of nitrogens with zero attached hydrogens (tertiary/aromatic N) is 1. The van der Waals surface area contributed by atoms with Crippen molar-refractivity contribution in [2.75, 3.05) is 46.9 Å². The van der Waals surface area contributed by atoms with Gasteiger partial charge in [0.1, 0.15) is 0 Å². The van der Waals surface area contributed by atoms with Gasteiger partial charge in [-0.2, -0.15) is 0 Å². The van der Waals surface area contributed by atoms with E-state index in [1.165, 1.54) is 25.9 Å². The van der Waals surface area contributed by atoms with Crippen LogP contribution >= 0.6 is 0 Å². The first-order valence-corrected chi connectivity index (χ1v) is 6.44. The molecule has 0 amide bonds. The number of ether oxygens (including phenoxy) is 1. The molecule has 1 aliphatic heterocycles. The standard InChI is InChI=1S/C13H28N2O/c1-12(10-16-4)9-14-11-13(2)5-7-15(3)8-6-13/h12,14H,5-11H2,1-4H3. The highest BCUT2D eigenvalue weighted by molar-refractivity contribution is 4.83. The Morgan fingerprint density at radius 1 is 1.38 bits per heavy atom. The lowest BCUT2D eigenvalue weighted by Gasteiger charge is -2.38. The largest absolute Gasteiger partial charge is 0.384 e. The Morgan fingerprint density at radius 2 is 2.00 bits per heavy atom. The first-order valence-electron chi connectivity index (χ1n) is 6.44. The van der Waals surface area contributed by atoms with Crippen LogP contribution in [0.15, 0.2) is 0 Å². The molecule has 16 heavy (non-hydrogen) atoms. The van der Waals surface area contributed by atoms with Gasteiger partial charge in [0, 0.05) is 20.3 Å². The van der Waals surface area contributed by atoms with Crippen LogP contribution < -0.4 is 5.32 Å². The monoisotopic (exact) mass is 228 g/mol. The smallest absolute Gasteiger partial charge is 0.0499 e. The molecule has 96 valence electrons. The SMILES string of the molecule is COCC(C)CNCC1(C)CCN(C)CC1. The van der Waals surface area contributed by atoms with Crippen molar-refractivity contribution in [3.05, 3.63) is 0 Å². The van der Waals surface area contributed by atoms with Gasteiger partial charge in [0.2, 0.25) is 0 Å². The maximum atomic E-state index is 5.14. The molecule has 1 heterocycles. The van der Waals surface area contributed by atoms with Crippen LogP contribution in [0.5, 0.6) is 0 Å². The van der Waals surface area contributed by atoms with Gasteiger partial charge in [-0.15, -0.1) is 0 Å². The Morgan fingerprint density at radius 3 is 2.56 bits per heavy atom. The molecular formula is C13H28N2O. The van der Waals surface area contributed by atoms with E-state index in [2.05, 4.69) is 31.1 Å². The Bertz CT molecular complexity index is 188. The van der Waals surface area contributed by atoms with Crippen molar-refractivity contribution in [1.82, 2.24) is 10.2 Å². The maximum absolute atomic E-state index is 5.14. The predicted molar refractivity (Wildman–Crippen MR) is 68.7 cm³/mol. The van der Waals surface area contributed by atoms with Crippen molar-refractivity contribution >= 4 is 0 Å². The van der Waals surface area contributed by atoms with Crippen LogP contribution in [0.25, 0.3) is 0 Å². The lowest BCUT2D eigenvalue weighted by atomic mass is 9.80. The van der Waals surface area contributed by atoms with Gasteiger partial charge < -0.3 is 15.0 Å². The van der Waals surface area contributed by atoms with Crippen molar-refractivity contribution in [3.63, 3.8) is 0 Å². The van der Waals surface area contributed by atoms with Gasteiger partial charge >= 0.3 is 0 Å². The van der Waals surface area contributed by atoms with Crippen molar-refractivity contribution in [2.45, 2.75) is 26.7 Å². The summed E-state index contributed by atoms with van der Waals surface area (Å²) in [5, 5.41) is 3.60. The summed E-state index contributed by atoms with van der Waals surface area (Å²) in [6, 6.07) is 0. The molecular weight excluding hydrogens is 200 g/mol. The van der Waals surface area contributed by atoms with E-state index in [1.54, 1.807) is 7.11 Å². The summed E-state index contributed by atoms with van der Waals surface area (Å²) in [6.07, 6.45) is 2.63. The van der Waals surface area contributed by atoms with Crippen molar-refractivity contribution in [2.24, 2.45) is 11.3 Å². The summed E-state index contributed by atoms with van der Waals surface area (Å²) >= 11 is 0. The van der Waals surface area contributed by atoms with E-state index >= 15 is 0 Å². The Kier molecular flexibility index (Phi) is 5.73. The minimum atomic E-state index is 0.499. The van der Waals surface area contributed by atoms with Gasteiger partial charge in [0.25, 0.3) is 0 Å². The molecule has 1 saturated heterocycles. The lowest BCUT2D eigenvalue weighted by Crippen LogP contribution is -2.43. The molecule has 0 aliphatic carbocycles. The Balaban J connectivity index is 2.16. The van der Waals surface area contributed by atoms with Crippen LogP contribution in [0.3, 0.4) is 0 Å². The highest BCUT2D eigenvalue weighted by Crippen LogP contribution is 2.29. The Hall–Kier alpha value is -0.120. The third-order valence-electron chi connectivity index (χ3n) is 3.69. The molecule has 0 aromatic heterocycles. The fraction of sp³-hybridized carbons (Fsp3) is 1.00. The molecule has 0 radical (unpaired) electrons. The van der Waals surface area contributed by atoms with Gasteiger partial charge in [-0.05, 0) is 50.9 Å². The van der Waals surface area contributed by atoms with Crippen LogP contribution in [0.2, 0.25) is 0 Å². The summed E-state index contributed by atoms with van der Waals surface area (Å²) in [5.41, 5.74) is 0.499. The molecule has 0 bridgehead atoms. The van der Waals surface area contributed by atoms with Crippen LogP contribution in [0.4, 0.5) is 0 Å². The Labute approximate surface area is 101 Å². The van der Waals surface area contributed by atoms with Gasteiger partial charge in [-0.1, -0.05) is 13.8 Å². The molecule has 1 rings (SSSR count). The predicted octanol–water partition coefficient (Wildman–Crippen LogP) is 1.59. The third kappa shape index (κ3) is 4.81. The second-order valence-corrected chi connectivity index (χ2v) is 5.81. The summed E-state index contributed by atoms with van der Waals surface area (Å²) in [7, 11) is 3.99. The summed E-state index contributed by atoms with van der Waals surface area (Å²) in [5.74, 6) is 0.611. The molecule has 3 heteroatoms. The molecule has 1 unspecified atom stereocenters. The first kappa shape index (κ1) is 13.9. The van der Waals surface area contributed by atoms with E-state index in [0.717, 1.165) is 19.7 Å². The van der Waals surface area contributed by atoms with Crippen LogP contribution in [-0.2, 0) is 4.74 Å². The van der Waals surface area contributed by atoms with Gasteiger partial charge in [0.15, 0.2) is 0 Å². The highest BCUT2D eigenvalue weighted by Gasteiger charge is 2.28. The summed E-state index contributed by atoms with van der Waals surface area (Å²) in [6.45, 7) is 10.2. The van der Waals surface area contributed by atoms with Crippen LogP contribution in [0, 0.1) is 11.3 Å². The number of rotatable bonds is 6. The molecule has 0 aromatic rings. The summed E-state index contributed by atoms with van der Waals surface area (Å²) < 4.78 is 5.14. The minimum Gasteiger partial charge on any atom is -0.384 e. The number of piperidine rings is 1. The van der Waals surface area contributed by atoms with Gasteiger partial charge in [-0.3, -0.25) is 0 Å². The van der Waals surface area contributed by atoms with Crippen molar-refractivity contribution in [3.8, 4) is 0 Å². The number of methoxy groups -OCH3 is 1. The van der Waals surface area contributed by atoms with Crippen molar-refractivity contribution in [1.29, 1.82) is 0 Å². The van der Waals surface area contributed by atoms with Crippen molar-refractivity contribution < 1.29 is 4.74 Å². The second-order valence-electron chi connectivity index (χ2n) is 5.81. The second kappa shape index (κ2) is 6.58. The van der Waals surface area contributed by atoms with E-state index in [0.29, 0.717) is 11.3 Å². The molecule has 1 N–H and O–H groups in total. The number of likely N-dealkylation sites (tertiary alicyclic amines) is 1. The quantitative estimate of drug-likeness (QED) is 0.747. The highest BCUT2D eigenvalue weighted by atomic mass is 16.5. The minimum absolute atomic E-state index is 0.499. The lowest BCUT2D eigenvalue weighted by molar-refractivity contribution is 0.128.